The van der Waals surface area contributed by atoms with Crippen molar-refractivity contribution in [3.63, 3.8) is 0 Å². The lowest BCUT2D eigenvalue weighted by Crippen LogP contribution is -2.27. The van der Waals surface area contributed by atoms with E-state index in [0.717, 1.165) is 147 Å². The Bertz CT molecular complexity index is 3250. The van der Waals surface area contributed by atoms with Crippen molar-refractivity contribution in [3.05, 3.63) is 115 Å². The van der Waals surface area contributed by atoms with Crippen LogP contribution in [0.5, 0.6) is 23.0 Å². The lowest BCUT2D eigenvalue weighted by molar-refractivity contribution is 0.389. The summed E-state index contributed by atoms with van der Waals surface area (Å²) in [5, 5.41) is 49.0. The summed E-state index contributed by atoms with van der Waals surface area (Å²) in [4.78, 5) is 42.3. The Kier molecular flexibility index (Phi) is 37.2. The molecule has 0 spiro atoms. The van der Waals surface area contributed by atoms with Gasteiger partial charge in [-0.3, -0.25) is 39.9 Å². The number of aliphatic imine (C=N–C) groups is 8. The Balaban J connectivity index is 1.05. The molecule has 9 rings (SSSR count). The summed E-state index contributed by atoms with van der Waals surface area (Å²) in [5.41, 5.74) is 10.1. The first kappa shape index (κ1) is 82.5. The van der Waals surface area contributed by atoms with Crippen LogP contribution in [0.15, 0.2) is 88.5 Å². The number of fused-ring (bicyclic) bond motifs is 12. The highest BCUT2D eigenvalue weighted by atomic mass is 16.3. The summed E-state index contributed by atoms with van der Waals surface area (Å²) in [7, 11) is 0. The first-order valence-electron chi connectivity index (χ1n) is 43.2. The van der Waals surface area contributed by atoms with Gasteiger partial charge in [-0.2, -0.15) is 0 Å². The third-order valence-corrected chi connectivity index (χ3v) is 23.5. The van der Waals surface area contributed by atoms with Crippen molar-refractivity contribution >= 4 is 49.7 Å². The molecule has 574 valence electrons. The molecule has 12 nitrogen and oxygen atoms in total. The van der Waals surface area contributed by atoms with E-state index in [2.05, 4.69) is 64.1 Å². The third kappa shape index (κ3) is 28.2. The minimum atomic E-state index is -0.0922. The van der Waals surface area contributed by atoms with E-state index >= 15 is 0 Å². The molecule has 8 unspecified atom stereocenters. The van der Waals surface area contributed by atoms with Crippen LogP contribution in [0.4, 0.5) is 0 Å². The average Bonchev–Trinajstić information content (AvgIpc) is 0.843. The lowest BCUT2D eigenvalue weighted by Gasteiger charge is -2.26. The van der Waals surface area contributed by atoms with Gasteiger partial charge in [0.2, 0.25) is 0 Å². The fourth-order valence-electron chi connectivity index (χ4n) is 16.9. The lowest BCUT2D eigenvalue weighted by atomic mass is 9.90. The Morgan fingerprint density at radius 2 is 0.381 bits per heavy atom. The fraction of sp³-hybridized carbons (Fsp3) is 0.656. The van der Waals surface area contributed by atoms with E-state index in [1.165, 1.54) is 190 Å². The number of unbranched alkanes of at least 4 members (excludes halogenated alkanes) is 27. The molecule has 4 aliphatic carbocycles. The molecule has 4 aromatic carbocycles. The highest BCUT2D eigenvalue weighted by molar-refractivity contribution is 5.95. The number of hydrogen-bond donors (Lipinski definition) is 4. The van der Waals surface area contributed by atoms with Gasteiger partial charge in [-0.05, 0) is 168 Å². The van der Waals surface area contributed by atoms with Crippen molar-refractivity contribution in [2.45, 2.75) is 391 Å². The average molecular weight is 1430 g/mol. The van der Waals surface area contributed by atoms with Crippen LogP contribution in [-0.4, -0.2) is 118 Å². The molecule has 8 bridgehead atoms. The van der Waals surface area contributed by atoms with Crippen molar-refractivity contribution < 1.29 is 20.4 Å². The summed E-state index contributed by atoms with van der Waals surface area (Å²) in [5.74, 6) is 0.741. The molecular weight excluding hydrogens is 1290 g/mol. The maximum atomic E-state index is 12.4. The smallest absolute Gasteiger partial charge is 0.133 e. The predicted molar refractivity (Wildman–Crippen MR) is 449 cm³/mol. The zero-order chi connectivity index (χ0) is 73.5. The van der Waals surface area contributed by atoms with Crippen LogP contribution in [0, 0.1) is 6.92 Å². The molecule has 12 heteroatoms. The first-order valence-corrected chi connectivity index (χ1v) is 43.2. The third-order valence-electron chi connectivity index (χ3n) is 23.5. The first-order chi connectivity index (χ1) is 51.6. The van der Waals surface area contributed by atoms with Gasteiger partial charge in [0.05, 0.1) is 48.3 Å². The minimum Gasteiger partial charge on any atom is -0.507 e. The second kappa shape index (κ2) is 47.3. The van der Waals surface area contributed by atoms with Crippen LogP contribution in [0.25, 0.3) is 0 Å². The van der Waals surface area contributed by atoms with Gasteiger partial charge < -0.3 is 20.4 Å². The number of aromatic hydroxyl groups is 4. The van der Waals surface area contributed by atoms with Gasteiger partial charge >= 0.3 is 0 Å². The van der Waals surface area contributed by atoms with Crippen LogP contribution in [0.2, 0.25) is 0 Å². The van der Waals surface area contributed by atoms with Gasteiger partial charge in [0.1, 0.15) is 23.0 Å². The number of rotatable bonds is 33. The molecule has 0 saturated heterocycles. The van der Waals surface area contributed by atoms with E-state index in [9.17, 15) is 20.4 Å². The van der Waals surface area contributed by atoms with Gasteiger partial charge in [0.15, 0.2) is 0 Å². The summed E-state index contributed by atoms with van der Waals surface area (Å²) >= 11 is 0. The molecule has 4 saturated carbocycles. The number of nitrogens with zero attached hydrogens (tertiary/aromatic N) is 8. The molecule has 1 heterocycles. The molecular formula is C93H138N8O4. The van der Waals surface area contributed by atoms with Crippen LogP contribution in [-0.2, 0) is 19.3 Å². The quantitative estimate of drug-likeness (QED) is 0.0347. The zero-order valence-corrected chi connectivity index (χ0v) is 65.9. The summed E-state index contributed by atoms with van der Waals surface area (Å²) in [6.45, 7) is 8.91. The van der Waals surface area contributed by atoms with Gasteiger partial charge in [-0.15, -0.1) is 0 Å². The van der Waals surface area contributed by atoms with E-state index in [1.807, 2.05) is 61.8 Å². The van der Waals surface area contributed by atoms with E-state index in [-0.39, 0.29) is 71.3 Å². The largest absolute Gasteiger partial charge is 0.507 e. The number of hydrogen-bond acceptors (Lipinski definition) is 12. The van der Waals surface area contributed by atoms with Gasteiger partial charge in [0.25, 0.3) is 0 Å². The van der Waals surface area contributed by atoms with Crippen molar-refractivity contribution in [3.8, 4) is 23.0 Å². The van der Waals surface area contributed by atoms with E-state index in [0.29, 0.717) is 44.5 Å². The highest BCUT2D eigenvalue weighted by Crippen LogP contribution is 2.35. The predicted octanol–water partition coefficient (Wildman–Crippen LogP) is 23.9. The normalized spacial score (nSPS) is 21.6. The van der Waals surface area contributed by atoms with Crippen LogP contribution in [0.3, 0.4) is 0 Å². The Morgan fingerprint density at radius 1 is 0.229 bits per heavy atom. The molecule has 4 N–H and O–H groups in total. The molecule has 5 aliphatic rings. The second-order valence-electron chi connectivity index (χ2n) is 32.4. The Hall–Kier alpha value is -6.56. The summed E-state index contributed by atoms with van der Waals surface area (Å²) < 4.78 is 0. The molecule has 0 amide bonds. The molecule has 105 heavy (non-hydrogen) atoms. The van der Waals surface area contributed by atoms with Crippen LogP contribution in [0.1, 0.15) is 383 Å². The molecule has 4 aromatic rings. The maximum absolute atomic E-state index is 12.4. The number of phenolic OH excluding ortho intramolecular Hbond substituents is 4. The summed E-state index contributed by atoms with van der Waals surface area (Å²) in [6.07, 6.45) is 71.6. The molecule has 8 atom stereocenters. The maximum Gasteiger partial charge on any atom is 0.133 e. The topological polar surface area (TPSA) is 180 Å². The standard InChI is InChI=1S/C93H138N8O4/c1-5-8-11-14-17-20-23-26-29-32-43-71-56-76-64-96-84-48-37-35-46-82(84)94-62-74-54-70(4)55-75(90(74)102)63-95-83-47-36-38-49-85(83)97-65-77-57-72(44-33-30-27-24-21-18-15-12-9-6-2)59-79(92(77)104)67-99-87-51-40-42-53-89(87)101-69-81-61-73(45-34-31-28-25-22-19-16-13-10-7-3)60-80(93(81)105)68-100-88-52-41-39-50-86(88)98-66-78(58-71)91(76)103/h54-69,82-89,102-105H,5-53H2,1-4H3. The van der Waals surface area contributed by atoms with Gasteiger partial charge in [0, 0.05) is 94.2 Å². The monoisotopic (exact) mass is 1430 g/mol. The summed E-state index contributed by atoms with van der Waals surface area (Å²) in [6, 6.07) is 16.2. The van der Waals surface area contributed by atoms with Gasteiger partial charge in [-0.25, -0.2) is 0 Å². The molecule has 0 aromatic heterocycles. The van der Waals surface area contributed by atoms with Crippen molar-refractivity contribution in [1.29, 1.82) is 0 Å². The van der Waals surface area contributed by atoms with Crippen molar-refractivity contribution in [1.82, 2.24) is 0 Å². The SMILES string of the molecule is CCCCCCCCCCCCc1cc2c(O)c(c1)C=NC1CCCCC1N=Cc1cc(CCCCCCCCCCCC)cc(c1O)C=NC1CCCCC1N=Cc1cc(CCCCCCCCCCCC)cc(c1O)C=NC1CCCCC1N=Cc1cc(C)cc(c1O)C=NC1CCCCC1N=C2. The number of aryl methyl sites for hydroxylation is 4. The highest BCUT2D eigenvalue weighted by Gasteiger charge is 2.29. The Labute approximate surface area is 635 Å². The molecule has 1 aliphatic heterocycles. The van der Waals surface area contributed by atoms with E-state index in [1.54, 1.807) is 0 Å². The van der Waals surface area contributed by atoms with Gasteiger partial charge in [-0.1, -0.05) is 245 Å². The van der Waals surface area contributed by atoms with E-state index in [4.69, 9.17) is 39.9 Å². The molecule has 4 fully saturated rings. The molecule has 0 radical (unpaired) electrons. The second-order valence-corrected chi connectivity index (χ2v) is 32.4. The van der Waals surface area contributed by atoms with E-state index < -0.39 is 0 Å². The van der Waals surface area contributed by atoms with Crippen molar-refractivity contribution in [2.24, 2.45) is 39.9 Å². The van der Waals surface area contributed by atoms with Crippen LogP contribution >= 0.6 is 0 Å². The number of benzene rings is 4. The number of phenols is 4. The zero-order valence-electron chi connectivity index (χ0n) is 65.9. The fourth-order valence-corrected chi connectivity index (χ4v) is 16.9. The Morgan fingerprint density at radius 3 is 0.552 bits per heavy atom. The van der Waals surface area contributed by atoms with Crippen molar-refractivity contribution in [2.75, 3.05) is 0 Å². The van der Waals surface area contributed by atoms with Crippen LogP contribution < -0.4 is 0 Å². The minimum absolute atomic E-state index is 0.0901.